The number of nitrogens with one attached hydrogen (secondary N) is 1. The molecule has 0 saturated carbocycles. The summed E-state index contributed by atoms with van der Waals surface area (Å²) < 4.78 is 6.01. The van der Waals surface area contributed by atoms with E-state index in [-0.39, 0.29) is 6.04 Å². The molecule has 102 valence electrons. The third kappa shape index (κ3) is 1.99. The average Bonchev–Trinajstić information content (AvgIpc) is 3.00. The zero-order chi connectivity index (χ0) is 13.4. The van der Waals surface area contributed by atoms with Crippen LogP contribution in [0.2, 0.25) is 0 Å². The molecule has 0 atom stereocenters. The Kier molecular flexibility index (Phi) is 2.94. The van der Waals surface area contributed by atoms with Crippen molar-refractivity contribution in [1.82, 2.24) is 10.4 Å². The van der Waals surface area contributed by atoms with Crippen LogP contribution in [0.1, 0.15) is 30.0 Å². The van der Waals surface area contributed by atoms with Crippen LogP contribution < -0.4 is 10.2 Å². The monoisotopic (exact) mass is 266 g/mol. The third-order valence-corrected chi connectivity index (χ3v) is 4.10. The Hall–Kier alpha value is -1.84. The number of nitrogens with zero attached hydrogens (tertiary/aromatic N) is 1. The van der Waals surface area contributed by atoms with Gasteiger partial charge in [-0.1, -0.05) is 36.4 Å². The van der Waals surface area contributed by atoms with E-state index in [9.17, 15) is 0 Å². The van der Waals surface area contributed by atoms with Crippen LogP contribution in [0.5, 0.6) is 11.5 Å². The molecular weight excluding hydrogens is 248 g/mol. The van der Waals surface area contributed by atoms with Crippen molar-refractivity contribution < 1.29 is 4.74 Å². The Balaban J connectivity index is 1.75. The van der Waals surface area contributed by atoms with Gasteiger partial charge >= 0.3 is 0 Å². The van der Waals surface area contributed by atoms with Gasteiger partial charge in [0, 0.05) is 24.2 Å². The first kappa shape index (κ1) is 11.9. The summed E-state index contributed by atoms with van der Waals surface area (Å²) in [7, 11) is 0. The Morgan fingerprint density at radius 1 is 0.850 bits per heavy atom. The molecule has 20 heavy (non-hydrogen) atoms. The predicted octanol–water partition coefficient (Wildman–Crippen LogP) is 3.48. The maximum Gasteiger partial charge on any atom is 0.132 e. The van der Waals surface area contributed by atoms with Gasteiger partial charge in [-0.15, -0.1) is 0 Å². The van der Waals surface area contributed by atoms with Gasteiger partial charge in [0.1, 0.15) is 11.5 Å². The van der Waals surface area contributed by atoms with Crippen LogP contribution in [0.15, 0.2) is 48.5 Å². The van der Waals surface area contributed by atoms with Gasteiger partial charge in [-0.25, -0.2) is 10.4 Å². The number of hydrogen-bond acceptors (Lipinski definition) is 3. The Labute approximate surface area is 119 Å². The highest BCUT2D eigenvalue weighted by Gasteiger charge is 2.28. The summed E-state index contributed by atoms with van der Waals surface area (Å²) in [5, 5.41) is 2.34. The van der Waals surface area contributed by atoms with Gasteiger partial charge in [0.2, 0.25) is 0 Å². The Bertz CT molecular complexity index is 574. The number of rotatable bonds is 2. The molecule has 0 aromatic heterocycles. The molecule has 0 amide bonds. The molecule has 2 heterocycles. The van der Waals surface area contributed by atoms with E-state index in [0.29, 0.717) is 0 Å². The molecule has 0 spiro atoms. The summed E-state index contributed by atoms with van der Waals surface area (Å²) in [6, 6.07) is 16.8. The van der Waals surface area contributed by atoms with E-state index in [1.807, 2.05) is 24.3 Å². The van der Waals surface area contributed by atoms with E-state index in [4.69, 9.17) is 4.74 Å². The second-order valence-electron chi connectivity index (χ2n) is 5.43. The maximum atomic E-state index is 6.01. The quantitative estimate of drug-likeness (QED) is 0.900. The molecular formula is C17H18N2O. The molecule has 0 bridgehead atoms. The minimum atomic E-state index is 0.189. The van der Waals surface area contributed by atoms with Crippen molar-refractivity contribution in [3.63, 3.8) is 0 Å². The van der Waals surface area contributed by atoms with Gasteiger partial charge in [0.15, 0.2) is 0 Å². The Morgan fingerprint density at radius 3 is 2.00 bits per heavy atom. The molecule has 0 radical (unpaired) electrons. The fraction of sp³-hybridized carbons (Fsp3) is 0.294. The molecule has 0 aliphatic carbocycles. The highest BCUT2D eigenvalue weighted by atomic mass is 16.5. The van der Waals surface area contributed by atoms with Gasteiger partial charge < -0.3 is 4.74 Å². The molecule has 0 unspecified atom stereocenters. The van der Waals surface area contributed by atoms with Crippen LogP contribution in [-0.4, -0.2) is 18.1 Å². The molecule has 1 fully saturated rings. The molecule has 2 aromatic rings. The maximum absolute atomic E-state index is 6.01. The van der Waals surface area contributed by atoms with Crippen molar-refractivity contribution in [3.8, 4) is 11.5 Å². The number of benzene rings is 2. The lowest BCUT2D eigenvalue weighted by Crippen LogP contribution is -2.39. The van der Waals surface area contributed by atoms with Gasteiger partial charge in [-0.3, -0.25) is 0 Å². The van der Waals surface area contributed by atoms with E-state index in [0.717, 1.165) is 24.6 Å². The fourth-order valence-corrected chi connectivity index (χ4v) is 3.08. The number of fused-ring (bicyclic) bond motifs is 2. The van der Waals surface area contributed by atoms with Crippen LogP contribution in [0.4, 0.5) is 0 Å². The molecule has 3 nitrogen and oxygen atoms in total. The second kappa shape index (κ2) is 4.93. The first-order valence-corrected chi connectivity index (χ1v) is 7.29. The molecule has 1 saturated heterocycles. The first-order valence-electron chi connectivity index (χ1n) is 7.29. The highest BCUT2D eigenvalue weighted by molar-refractivity contribution is 5.52. The van der Waals surface area contributed by atoms with Crippen LogP contribution in [0.3, 0.4) is 0 Å². The van der Waals surface area contributed by atoms with Crippen LogP contribution in [0.25, 0.3) is 0 Å². The summed E-state index contributed by atoms with van der Waals surface area (Å²) in [5.41, 5.74) is 6.12. The van der Waals surface area contributed by atoms with E-state index >= 15 is 0 Å². The topological polar surface area (TPSA) is 24.5 Å². The van der Waals surface area contributed by atoms with Crippen molar-refractivity contribution in [3.05, 3.63) is 59.7 Å². The molecule has 3 heteroatoms. The zero-order valence-electron chi connectivity index (χ0n) is 11.4. The molecule has 4 rings (SSSR count). The van der Waals surface area contributed by atoms with Crippen LogP contribution in [-0.2, 0) is 0 Å². The molecule has 2 aromatic carbocycles. The summed E-state index contributed by atoms with van der Waals surface area (Å²) in [6.45, 7) is 2.25. The Morgan fingerprint density at radius 2 is 1.40 bits per heavy atom. The van der Waals surface area contributed by atoms with Gasteiger partial charge in [-0.2, -0.15) is 0 Å². The lowest BCUT2D eigenvalue weighted by Gasteiger charge is -2.32. The first-order chi connectivity index (χ1) is 9.92. The molecule has 1 N–H and O–H groups in total. The standard InChI is InChI=1S/C17H18N2O/c1-3-9-15-13(7-1)17(18-19-11-5-6-12-19)14-8-2-4-10-16(14)20-15/h1-4,7-10,17-18H,5-6,11-12H2. The van der Waals surface area contributed by atoms with E-state index < -0.39 is 0 Å². The van der Waals surface area contributed by atoms with Crippen LogP contribution in [0, 0.1) is 0 Å². The van der Waals surface area contributed by atoms with E-state index in [1.54, 1.807) is 0 Å². The number of hydrazine groups is 1. The van der Waals surface area contributed by atoms with Gasteiger partial charge in [0.05, 0.1) is 6.04 Å². The van der Waals surface area contributed by atoms with E-state index in [2.05, 4.69) is 34.7 Å². The smallest absolute Gasteiger partial charge is 0.132 e. The molecule has 2 aliphatic rings. The van der Waals surface area contributed by atoms with E-state index in [1.165, 1.54) is 24.0 Å². The van der Waals surface area contributed by atoms with Crippen molar-refractivity contribution >= 4 is 0 Å². The average molecular weight is 266 g/mol. The lowest BCUT2D eigenvalue weighted by molar-refractivity contribution is 0.206. The minimum absolute atomic E-state index is 0.189. The zero-order valence-corrected chi connectivity index (χ0v) is 11.4. The minimum Gasteiger partial charge on any atom is -0.457 e. The molecule has 2 aliphatic heterocycles. The summed E-state index contributed by atoms with van der Waals surface area (Å²) in [5.74, 6) is 1.92. The number of para-hydroxylation sites is 2. The van der Waals surface area contributed by atoms with Gasteiger partial charge in [-0.05, 0) is 25.0 Å². The normalized spacial score (nSPS) is 18.4. The van der Waals surface area contributed by atoms with Crippen LogP contribution >= 0.6 is 0 Å². The number of ether oxygens (including phenoxy) is 1. The van der Waals surface area contributed by atoms with Crippen molar-refractivity contribution in [2.45, 2.75) is 18.9 Å². The largest absolute Gasteiger partial charge is 0.457 e. The summed E-state index contributed by atoms with van der Waals surface area (Å²) in [4.78, 5) is 0. The highest BCUT2D eigenvalue weighted by Crippen LogP contribution is 2.42. The van der Waals surface area contributed by atoms with Crippen molar-refractivity contribution in [2.75, 3.05) is 13.1 Å². The number of hydrogen-bond donors (Lipinski definition) is 1. The summed E-state index contributed by atoms with van der Waals surface area (Å²) >= 11 is 0. The predicted molar refractivity (Wildman–Crippen MR) is 78.7 cm³/mol. The van der Waals surface area contributed by atoms with Crippen molar-refractivity contribution in [1.29, 1.82) is 0 Å². The second-order valence-corrected chi connectivity index (χ2v) is 5.43. The fourth-order valence-electron chi connectivity index (χ4n) is 3.08. The third-order valence-electron chi connectivity index (χ3n) is 4.10. The van der Waals surface area contributed by atoms with Gasteiger partial charge in [0.25, 0.3) is 0 Å². The van der Waals surface area contributed by atoms with Crippen molar-refractivity contribution in [2.24, 2.45) is 0 Å². The summed E-state index contributed by atoms with van der Waals surface area (Å²) in [6.07, 6.45) is 2.55. The SMILES string of the molecule is c1ccc2c(c1)Oc1ccccc1C2NN1CCCC1. The lowest BCUT2D eigenvalue weighted by atomic mass is 9.95.